The average molecular weight is 463 g/mol. The van der Waals surface area contributed by atoms with Crippen molar-refractivity contribution >= 4 is 6.21 Å². The summed E-state index contributed by atoms with van der Waals surface area (Å²) in [4.78, 5) is 2.38. The minimum Gasteiger partial charge on any atom is -0.404 e. The second-order valence-corrected chi connectivity index (χ2v) is 8.68. The van der Waals surface area contributed by atoms with E-state index in [1.165, 1.54) is 56.3 Å². The number of hydrogen-bond donors (Lipinski definition) is 3. The quantitative estimate of drug-likeness (QED) is 0.326. The van der Waals surface area contributed by atoms with Crippen molar-refractivity contribution in [3.63, 3.8) is 0 Å². The molecule has 1 aliphatic carbocycles. The van der Waals surface area contributed by atoms with Crippen molar-refractivity contribution in [1.82, 2.24) is 10.2 Å². The zero-order valence-electron chi connectivity index (χ0n) is 20.3. The van der Waals surface area contributed by atoms with Gasteiger partial charge in [0, 0.05) is 24.5 Å². The third-order valence-corrected chi connectivity index (χ3v) is 5.99. The molecule has 1 aliphatic heterocycles. The molecule has 1 heterocycles. The topological polar surface area (TPSA) is 65.1 Å². The summed E-state index contributed by atoms with van der Waals surface area (Å²) in [6, 6.07) is 18.0. The number of halogens is 1. The molecule has 2 aliphatic rings. The van der Waals surface area contributed by atoms with Crippen LogP contribution in [0.25, 0.3) is 0 Å². The van der Waals surface area contributed by atoms with Gasteiger partial charge in [-0.1, -0.05) is 61.2 Å². The molecule has 2 fully saturated rings. The minimum atomic E-state index is -0.0370. The molecule has 4 rings (SSSR count). The zero-order chi connectivity index (χ0) is 24.8. The normalized spacial score (nSPS) is 17.5. The fraction of sp³-hybridized carbons (Fsp3) is 0.345. The summed E-state index contributed by atoms with van der Waals surface area (Å²) >= 11 is 0. The van der Waals surface area contributed by atoms with Crippen LogP contribution in [0.4, 0.5) is 4.39 Å². The van der Waals surface area contributed by atoms with E-state index in [-0.39, 0.29) is 5.82 Å². The van der Waals surface area contributed by atoms with Gasteiger partial charge in [-0.05, 0) is 80.6 Å². The van der Waals surface area contributed by atoms with Gasteiger partial charge in [0.25, 0.3) is 0 Å². The first-order valence-corrected chi connectivity index (χ1v) is 11.9. The first-order chi connectivity index (χ1) is 16.5. The summed E-state index contributed by atoms with van der Waals surface area (Å²) in [5.74, 6) is 0.492. The smallest absolute Gasteiger partial charge is 0.126 e. The maximum atomic E-state index is 12.9. The van der Waals surface area contributed by atoms with Crippen LogP contribution < -0.4 is 11.1 Å². The van der Waals surface area contributed by atoms with Crippen LogP contribution >= 0.6 is 0 Å². The van der Waals surface area contributed by atoms with Gasteiger partial charge in [-0.25, -0.2) is 4.39 Å². The standard InChI is InChI=1S/C14H20N2.C9H9F.C6H10N2/c1-12(14-9-6-10-16(14)2)15-11-13-7-4-3-5-8-13;10-9-4-2-1-3-8(9)7-5-6-7;1-2-3-6(4-7)5-8/h3-5,7-8,14-15H,1,6,9-11H2,2H3;1-4,7H,5-6H2;2,4-5,7H,1,3,8H2/b;;6-5-,7-4?. The number of benzene rings is 2. The van der Waals surface area contributed by atoms with E-state index in [4.69, 9.17) is 11.1 Å². The highest BCUT2D eigenvalue weighted by Crippen LogP contribution is 2.40. The van der Waals surface area contributed by atoms with E-state index in [1.807, 2.05) is 18.2 Å². The first kappa shape index (κ1) is 27.1. The summed E-state index contributed by atoms with van der Waals surface area (Å²) in [5.41, 5.74) is 9.27. The Kier molecular flexibility index (Phi) is 11.8. The van der Waals surface area contributed by atoms with Crippen molar-refractivity contribution in [3.05, 3.63) is 108 Å². The minimum absolute atomic E-state index is 0.0370. The Hall–Kier alpha value is -3.18. The average Bonchev–Trinajstić information content (AvgIpc) is 3.62. The van der Waals surface area contributed by atoms with Crippen molar-refractivity contribution < 1.29 is 4.39 Å². The summed E-state index contributed by atoms with van der Waals surface area (Å²) in [5, 5.41) is 10.2. The molecule has 1 unspecified atom stereocenters. The summed E-state index contributed by atoms with van der Waals surface area (Å²) < 4.78 is 12.9. The van der Waals surface area contributed by atoms with Crippen LogP contribution in [0.1, 0.15) is 49.1 Å². The molecule has 1 saturated carbocycles. The lowest BCUT2D eigenvalue weighted by molar-refractivity contribution is 0.334. The fourth-order valence-electron chi connectivity index (χ4n) is 3.82. The third-order valence-electron chi connectivity index (χ3n) is 5.99. The summed E-state index contributed by atoms with van der Waals surface area (Å²) in [6.07, 6.45) is 9.88. The summed E-state index contributed by atoms with van der Waals surface area (Å²) in [6.45, 7) is 9.72. The van der Waals surface area contributed by atoms with Crippen LogP contribution in [0, 0.1) is 11.2 Å². The maximum absolute atomic E-state index is 12.9. The lowest BCUT2D eigenvalue weighted by Gasteiger charge is -2.22. The van der Waals surface area contributed by atoms with Crippen LogP contribution in [0.5, 0.6) is 0 Å². The van der Waals surface area contributed by atoms with E-state index in [0.29, 0.717) is 18.4 Å². The molecular weight excluding hydrogens is 423 g/mol. The molecule has 1 atom stereocenters. The predicted molar refractivity (Wildman–Crippen MR) is 142 cm³/mol. The molecule has 0 bridgehead atoms. The van der Waals surface area contributed by atoms with Crippen molar-refractivity contribution in [3.8, 4) is 0 Å². The Morgan fingerprint density at radius 1 is 1.15 bits per heavy atom. The van der Waals surface area contributed by atoms with Gasteiger partial charge < -0.3 is 16.5 Å². The highest BCUT2D eigenvalue weighted by molar-refractivity contribution is 5.75. The molecule has 2 aromatic carbocycles. The van der Waals surface area contributed by atoms with Crippen LogP contribution in [0.2, 0.25) is 0 Å². The molecule has 5 heteroatoms. The number of nitrogens with zero attached hydrogens (tertiary/aromatic N) is 1. The molecule has 34 heavy (non-hydrogen) atoms. The van der Waals surface area contributed by atoms with E-state index >= 15 is 0 Å². The fourth-order valence-corrected chi connectivity index (χ4v) is 3.82. The number of likely N-dealkylation sites (N-methyl/N-ethyl adjacent to an activating group) is 1. The highest BCUT2D eigenvalue weighted by Gasteiger charge is 2.25. The molecule has 0 radical (unpaired) electrons. The van der Waals surface area contributed by atoms with Gasteiger partial charge >= 0.3 is 0 Å². The Bertz CT molecular complexity index is 934. The molecule has 1 saturated heterocycles. The van der Waals surface area contributed by atoms with E-state index in [0.717, 1.165) is 23.4 Å². The largest absolute Gasteiger partial charge is 0.404 e. The van der Waals surface area contributed by atoms with Crippen molar-refractivity contribution in [2.75, 3.05) is 13.6 Å². The number of rotatable bonds is 8. The molecule has 182 valence electrons. The monoisotopic (exact) mass is 462 g/mol. The van der Waals surface area contributed by atoms with E-state index in [9.17, 15) is 4.39 Å². The number of hydrogen-bond acceptors (Lipinski definition) is 4. The van der Waals surface area contributed by atoms with Gasteiger partial charge in [0.2, 0.25) is 0 Å². The second kappa shape index (κ2) is 14.9. The van der Waals surface area contributed by atoms with Gasteiger partial charge in [0.1, 0.15) is 5.82 Å². The van der Waals surface area contributed by atoms with Gasteiger partial charge in [0.05, 0.1) is 0 Å². The SMILES string of the molecule is C=C(NCc1ccccc1)C1CCCN1C.C=CC/C(C=N)=C/N.Fc1ccccc1C1CC1. The first-order valence-electron chi connectivity index (χ1n) is 11.9. The highest BCUT2D eigenvalue weighted by atomic mass is 19.1. The maximum Gasteiger partial charge on any atom is 0.126 e. The Labute approximate surface area is 204 Å². The lowest BCUT2D eigenvalue weighted by Crippen LogP contribution is -2.32. The molecule has 0 amide bonds. The number of nitrogens with one attached hydrogen (secondary N) is 2. The molecule has 0 spiro atoms. The molecular formula is C29H39FN4. The van der Waals surface area contributed by atoms with Gasteiger partial charge in [-0.15, -0.1) is 6.58 Å². The number of nitrogens with two attached hydrogens (primary N) is 1. The van der Waals surface area contributed by atoms with Crippen molar-refractivity contribution in [2.45, 2.75) is 50.6 Å². The van der Waals surface area contributed by atoms with Gasteiger partial charge in [0.15, 0.2) is 0 Å². The number of likely N-dealkylation sites (tertiary alicyclic amines) is 1. The van der Waals surface area contributed by atoms with Crippen LogP contribution in [-0.2, 0) is 6.54 Å². The Morgan fingerprint density at radius 3 is 2.32 bits per heavy atom. The van der Waals surface area contributed by atoms with Crippen molar-refractivity contribution in [2.24, 2.45) is 5.73 Å². The Balaban J connectivity index is 0.000000195. The molecule has 2 aromatic rings. The van der Waals surface area contributed by atoms with Crippen molar-refractivity contribution in [1.29, 1.82) is 5.41 Å². The third kappa shape index (κ3) is 9.36. The Morgan fingerprint density at radius 2 is 1.82 bits per heavy atom. The lowest BCUT2D eigenvalue weighted by atomic mass is 10.1. The molecule has 0 aromatic heterocycles. The van der Waals surface area contributed by atoms with Crippen LogP contribution in [0.15, 0.2) is 91.3 Å². The van der Waals surface area contributed by atoms with Gasteiger partial charge in [-0.3, -0.25) is 4.90 Å². The van der Waals surface area contributed by atoms with Crippen LogP contribution in [-0.4, -0.2) is 30.7 Å². The van der Waals surface area contributed by atoms with Gasteiger partial charge in [-0.2, -0.15) is 0 Å². The second-order valence-electron chi connectivity index (χ2n) is 8.68. The van der Waals surface area contributed by atoms with Crippen LogP contribution in [0.3, 0.4) is 0 Å². The molecule has 4 N–H and O–H groups in total. The molecule has 4 nitrogen and oxygen atoms in total. The summed E-state index contributed by atoms with van der Waals surface area (Å²) in [7, 11) is 2.17. The van der Waals surface area contributed by atoms with E-state index < -0.39 is 0 Å². The zero-order valence-corrected chi connectivity index (χ0v) is 20.3. The predicted octanol–water partition coefficient (Wildman–Crippen LogP) is 6.14. The number of allylic oxidation sites excluding steroid dienone is 2. The van der Waals surface area contributed by atoms with E-state index in [2.05, 4.69) is 54.7 Å². The van der Waals surface area contributed by atoms with E-state index in [1.54, 1.807) is 12.1 Å².